The standard InChI is InChI=1S/C12H18N2O4/c1-8(15)13-11-3-9-2-10(4-11)6-12(5-9,7-11)18-14(16)17/h9-10H,2-7H2,1H3,(H,13,15)/t9-,10-,11?,12?/m1/s1. The molecule has 0 aromatic heterocycles. The van der Waals surface area contributed by atoms with E-state index in [9.17, 15) is 14.9 Å². The van der Waals surface area contributed by atoms with Crippen LogP contribution in [0.4, 0.5) is 0 Å². The topological polar surface area (TPSA) is 81.5 Å². The Morgan fingerprint density at radius 1 is 1.33 bits per heavy atom. The van der Waals surface area contributed by atoms with E-state index in [0.29, 0.717) is 18.3 Å². The maximum atomic E-state index is 11.4. The lowest BCUT2D eigenvalue weighted by Gasteiger charge is -2.60. The molecule has 2 atom stereocenters. The maximum Gasteiger partial charge on any atom is 0.295 e. The normalized spacial score (nSPS) is 44.7. The number of carbonyl (C=O) groups excluding carboxylic acids is 1. The SMILES string of the molecule is CC(=O)NC12C[C@H]3C[C@H](C1)CC(O[N+](=O)[O-])(C3)C2. The van der Waals surface area contributed by atoms with E-state index in [0.717, 1.165) is 32.1 Å². The van der Waals surface area contributed by atoms with Crippen LogP contribution >= 0.6 is 0 Å². The molecule has 4 aliphatic rings. The van der Waals surface area contributed by atoms with Crippen molar-refractivity contribution >= 4 is 5.91 Å². The van der Waals surface area contributed by atoms with Crippen LogP contribution in [0.15, 0.2) is 0 Å². The number of nitrogens with zero attached hydrogens (tertiary/aromatic N) is 1. The highest BCUT2D eigenvalue weighted by Crippen LogP contribution is 2.58. The summed E-state index contributed by atoms with van der Waals surface area (Å²) in [5.74, 6) is 0.865. The van der Waals surface area contributed by atoms with Gasteiger partial charge in [0.25, 0.3) is 5.09 Å². The molecule has 0 spiro atoms. The van der Waals surface area contributed by atoms with E-state index in [4.69, 9.17) is 4.84 Å². The van der Waals surface area contributed by atoms with Crippen LogP contribution in [0, 0.1) is 22.0 Å². The fraction of sp³-hybridized carbons (Fsp3) is 0.917. The summed E-state index contributed by atoms with van der Waals surface area (Å²) in [6.45, 7) is 1.51. The van der Waals surface area contributed by atoms with Gasteiger partial charge in [-0.25, -0.2) is 0 Å². The molecular weight excluding hydrogens is 236 g/mol. The lowest BCUT2D eigenvalue weighted by Crippen LogP contribution is -2.66. The minimum atomic E-state index is -0.658. The first-order valence-corrected chi connectivity index (χ1v) is 6.53. The van der Waals surface area contributed by atoms with Crippen molar-refractivity contribution in [2.24, 2.45) is 11.8 Å². The highest BCUT2D eigenvalue weighted by atomic mass is 17.0. The Kier molecular flexibility index (Phi) is 2.34. The van der Waals surface area contributed by atoms with Crippen LogP contribution in [-0.2, 0) is 9.63 Å². The summed E-state index contributed by atoms with van der Waals surface area (Å²) in [4.78, 5) is 27.1. The summed E-state index contributed by atoms with van der Waals surface area (Å²) in [6.07, 6.45) is 5.16. The zero-order chi connectivity index (χ0) is 13.0. The molecule has 4 rings (SSSR count). The highest BCUT2D eigenvalue weighted by molar-refractivity contribution is 5.74. The number of hydrogen-bond acceptors (Lipinski definition) is 4. The fourth-order valence-corrected chi connectivity index (χ4v) is 4.96. The van der Waals surface area contributed by atoms with Crippen LogP contribution in [0.2, 0.25) is 0 Å². The zero-order valence-electron chi connectivity index (χ0n) is 10.5. The predicted molar refractivity (Wildman–Crippen MR) is 62.0 cm³/mol. The smallest absolute Gasteiger partial charge is 0.295 e. The van der Waals surface area contributed by atoms with Crippen LogP contribution in [0.25, 0.3) is 0 Å². The average molecular weight is 254 g/mol. The number of hydrogen-bond donors (Lipinski definition) is 1. The summed E-state index contributed by atoms with van der Waals surface area (Å²) in [7, 11) is 0. The highest BCUT2D eigenvalue weighted by Gasteiger charge is 2.60. The Morgan fingerprint density at radius 2 is 1.94 bits per heavy atom. The first kappa shape index (κ1) is 11.7. The zero-order valence-corrected chi connectivity index (χ0v) is 10.5. The second-order valence-corrected chi connectivity index (χ2v) is 6.42. The number of amides is 1. The van der Waals surface area contributed by atoms with Crippen molar-refractivity contribution in [2.45, 2.75) is 56.6 Å². The van der Waals surface area contributed by atoms with Crippen LogP contribution in [0.1, 0.15) is 45.4 Å². The summed E-state index contributed by atoms with van der Waals surface area (Å²) in [5, 5.41) is 13.1. The van der Waals surface area contributed by atoms with Crippen molar-refractivity contribution in [3.63, 3.8) is 0 Å². The molecule has 18 heavy (non-hydrogen) atoms. The van der Waals surface area contributed by atoms with Crippen LogP contribution in [-0.4, -0.2) is 22.1 Å². The van der Waals surface area contributed by atoms with E-state index < -0.39 is 10.7 Å². The monoisotopic (exact) mass is 254 g/mol. The third kappa shape index (κ3) is 1.83. The molecule has 1 N–H and O–H groups in total. The Balaban J connectivity index is 1.87. The minimum absolute atomic E-state index is 0.0480. The summed E-state index contributed by atoms with van der Waals surface area (Å²) < 4.78 is 0. The molecule has 4 saturated carbocycles. The van der Waals surface area contributed by atoms with E-state index in [2.05, 4.69) is 5.32 Å². The second kappa shape index (κ2) is 3.59. The molecule has 0 aromatic rings. The van der Waals surface area contributed by atoms with Gasteiger partial charge >= 0.3 is 0 Å². The van der Waals surface area contributed by atoms with E-state index in [1.165, 1.54) is 6.92 Å². The van der Waals surface area contributed by atoms with Crippen LogP contribution in [0.3, 0.4) is 0 Å². The number of rotatable bonds is 3. The molecule has 0 unspecified atom stereocenters. The molecule has 6 heteroatoms. The lowest BCUT2D eigenvalue weighted by atomic mass is 9.51. The van der Waals surface area contributed by atoms with Crippen LogP contribution < -0.4 is 5.32 Å². The first-order valence-electron chi connectivity index (χ1n) is 6.53. The van der Waals surface area contributed by atoms with Gasteiger partial charge in [0.2, 0.25) is 5.91 Å². The minimum Gasteiger partial charge on any atom is -0.351 e. The van der Waals surface area contributed by atoms with Crippen molar-refractivity contribution in [3.8, 4) is 0 Å². The van der Waals surface area contributed by atoms with Gasteiger partial charge in [-0.3, -0.25) is 4.79 Å². The Morgan fingerprint density at radius 3 is 2.44 bits per heavy atom. The van der Waals surface area contributed by atoms with Crippen LogP contribution in [0.5, 0.6) is 0 Å². The molecule has 4 aliphatic carbocycles. The molecular formula is C12H18N2O4. The van der Waals surface area contributed by atoms with Gasteiger partial charge in [-0.2, -0.15) is 0 Å². The van der Waals surface area contributed by atoms with Crippen molar-refractivity contribution in [1.82, 2.24) is 5.32 Å². The number of carbonyl (C=O) groups is 1. The van der Waals surface area contributed by atoms with Gasteiger partial charge in [0.15, 0.2) is 0 Å². The van der Waals surface area contributed by atoms with Gasteiger partial charge in [0.1, 0.15) is 5.60 Å². The van der Waals surface area contributed by atoms with E-state index in [1.54, 1.807) is 0 Å². The van der Waals surface area contributed by atoms with E-state index >= 15 is 0 Å². The molecule has 0 radical (unpaired) electrons. The van der Waals surface area contributed by atoms with Gasteiger partial charge in [-0.05, 0) is 50.4 Å². The second-order valence-electron chi connectivity index (χ2n) is 6.42. The van der Waals surface area contributed by atoms with Crippen molar-refractivity contribution in [2.75, 3.05) is 0 Å². The van der Waals surface area contributed by atoms with E-state index in [-0.39, 0.29) is 11.4 Å². The Bertz CT molecular complexity index is 361. The Labute approximate surface area is 105 Å². The van der Waals surface area contributed by atoms with Crippen molar-refractivity contribution in [3.05, 3.63) is 10.1 Å². The molecule has 0 saturated heterocycles. The van der Waals surface area contributed by atoms with Gasteiger partial charge in [-0.15, -0.1) is 10.1 Å². The molecule has 4 bridgehead atoms. The van der Waals surface area contributed by atoms with Gasteiger partial charge in [-0.1, -0.05) is 0 Å². The van der Waals surface area contributed by atoms with E-state index in [1.807, 2.05) is 0 Å². The quantitative estimate of drug-likeness (QED) is 0.610. The maximum absolute atomic E-state index is 11.4. The molecule has 4 fully saturated rings. The molecule has 0 aliphatic heterocycles. The third-order valence-corrected chi connectivity index (χ3v) is 4.72. The largest absolute Gasteiger partial charge is 0.351 e. The van der Waals surface area contributed by atoms with Crippen molar-refractivity contribution < 1.29 is 14.7 Å². The Hall–Kier alpha value is -1.33. The molecule has 0 heterocycles. The number of nitrogens with one attached hydrogen (secondary N) is 1. The first-order chi connectivity index (χ1) is 8.40. The fourth-order valence-electron chi connectivity index (χ4n) is 4.96. The third-order valence-electron chi connectivity index (χ3n) is 4.72. The van der Waals surface area contributed by atoms with Gasteiger partial charge in [0.05, 0.1) is 0 Å². The van der Waals surface area contributed by atoms with Gasteiger partial charge < -0.3 is 10.2 Å². The predicted octanol–water partition coefficient (Wildman–Crippen LogP) is 1.42. The molecule has 100 valence electrons. The summed E-state index contributed by atoms with van der Waals surface area (Å²) in [5.41, 5.74) is -0.901. The molecule has 0 aromatic carbocycles. The van der Waals surface area contributed by atoms with Crippen molar-refractivity contribution in [1.29, 1.82) is 0 Å². The lowest BCUT2D eigenvalue weighted by molar-refractivity contribution is -0.785. The average Bonchev–Trinajstić information content (AvgIpc) is 2.08. The van der Waals surface area contributed by atoms with Gasteiger partial charge in [0, 0.05) is 12.5 Å². The summed E-state index contributed by atoms with van der Waals surface area (Å²) >= 11 is 0. The summed E-state index contributed by atoms with van der Waals surface area (Å²) in [6, 6.07) is 0. The molecule has 6 nitrogen and oxygen atoms in total. The molecule has 1 amide bonds.